The molecule has 0 aliphatic carbocycles. The molecular formula is C44H42N10O6S2. The van der Waals surface area contributed by atoms with Gasteiger partial charge in [-0.15, -0.1) is 26.3 Å². The number of rotatable bonds is 20. The maximum absolute atomic E-state index is 13.8. The molecule has 6 rings (SSSR count). The summed E-state index contributed by atoms with van der Waals surface area (Å²) in [5.41, 5.74) is 0.427. The fraction of sp³-hybridized carbons (Fsp3) is 0.0909. The van der Waals surface area contributed by atoms with E-state index < -0.39 is 35.6 Å². The number of anilines is 6. The zero-order valence-electron chi connectivity index (χ0n) is 33.3. The molecule has 2 heterocycles. The molecule has 18 heteroatoms. The van der Waals surface area contributed by atoms with Crippen LogP contribution in [0, 0.1) is 0 Å². The number of benzene rings is 4. The van der Waals surface area contributed by atoms with Crippen molar-refractivity contribution in [2.75, 3.05) is 46.6 Å². The average molecular weight is 871 g/mol. The van der Waals surface area contributed by atoms with E-state index in [1.54, 1.807) is 82.6 Å². The monoisotopic (exact) mass is 870 g/mol. The molecule has 0 unspecified atom stereocenters. The summed E-state index contributed by atoms with van der Waals surface area (Å²) in [6.07, 6.45) is 6.55. The van der Waals surface area contributed by atoms with Crippen molar-refractivity contribution in [1.29, 1.82) is 0 Å². The summed E-state index contributed by atoms with van der Waals surface area (Å²) in [5, 5.41) is 6.35. The van der Waals surface area contributed by atoms with Crippen LogP contribution in [-0.2, 0) is 20.2 Å². The highest BCUT2D eigenvalue weighted by Gasteiger charge is 2.34. The third-order valence-electron chi connectivity index (χ3n) is 8.80. The topological polar surface area (TPSA) is 217 Å². The number of nitrogens with one attached hydrogen (secondary N) is 2. The van der Waals surface area contributed by atoms with Gasteiger partial charge in [0.25, 0.3) is 20.2 Å². The van der Waals surface area contributed by atoms with Crippen molar-refractivity contribution in [2.45, 2.75) is 0 Å². The quantitative estimate of drug-likeness (QED) is 0.0326. The van der Waals surface area contributed by atoms with Gasteiger partial charge in [-0.05, 0) is 29.8 Å². The van der Waals surface area contributed by atoms with Crippen LogP contribution in [-0.4, -0.2) is 82.0 Å². The first-order valence-corrected chi connectivity index (χ1v) is 21.7. The Balaban J connectivity index is 1.80. The largest absolute Gasteiger partial charge is 0.333 e. The molecular weight excluding hydrogens is 829 g/mol. The van der Waals surface area contributed by atoms with Crippen LogP contribution >= 0.6 is 0 Å². The van der Waals surface area contributed by atoms with Crippen LogP contribution in [0.15, 0.2) is 160 Å². The molecule has 6 aromatic rings. The molecule has 0 aliphatic rings. The molecule has 316 valence electrons. The maximum atomic E-state index is 13.8. The molecule has 0 radical (unpaired) electrons. The number of hydrogen-bond donors (Lipinski definition) is 4. The summed E-state index contributed by atoms with van der Waals surface area (Å²) < 4.78 is 76.2. The number of para-hydroxylation sites is 2. The molecule has 16 nitrogen and oxygen atoms in total. The smallest absolute Gasteiger partial charge is 0.296 e. The van der Waals surface area contributed by atoms with Crippen molar-refractivity contribution < 1.29 is 25.9 Å². The Labute approximate surface area is 360 Å². The highest BCUT2D eigenvalue weighted by Crippen LogP contribution is 2.42. The Bertz CT molecular complexity index is 2830. The molecule has 4 aromatic carbocycles. The summed E-state index contributed by atoms with van der Waals surface area (Å²) in [6, 6.07) is 29.3. The van der Waals surface area contributed by atoms with Gasteiger partial charge in [-0.3, -0.25) is 9.11 Å². The maximum Gasteiger partial charge on any atom is 0.296 e. The summed E-state index contributed by atoms with van der Waals surface area (Å²) in [4.78, 5) is 29.8. The minimum Gasteiger partial charge on any atom is -0.333 e. The summed E-state index contributed by atoms with van der Waals surface area (Å²) >= 11 is 0. The summed E-state index contributed by atoms with van der Waals surface area (Å²) in [6.45, 7) is 16.5. The van der Waals surface area contributed by atoms with Crippen LogP contribution in [0.3, 0.4) is 0 Å². The van der Waals surface area contributed by atoms with Gasteiger partial charge in [-0.2, -0.15) is 46.7 Å². The van der Waals surface area contributed by atoms with Crippen molar-refractivity contribution >= 4 is 65.2 Å². The third-order valence-corrected chi connectivity index (χ3v) is 10.8. The standard InChI is InChI=1S/C44H42N10O6S2/c1-5-27-53(28-6-2)43-49-39(47-41(51-43)45-32-21-14-10-15-22-32)35-26-18-25-34(38(62(58,59)60)37(61(55,56)57)31-19-12-9-13-20-31)36(35)40-48-42(46-33-23-16-11-17-24-33)52-44(50-40)54(29-7-3)30-8-4/h5-26H,1-4,27-30H2,(H,55,56,57)(H,58,59,60)(H,45,47,49,51)(H,46,48,50,52). The Kier molecular flexibility index (Phi) is 14.1. The minimum atomic E-state index is -5.54. The van der Waals surface area contributed by atoms with E-state index in [2.05, 4.69) is 41.9 Å². The predicted octanol–water partition coefficient (Wildman–Crippen LogP) is 7.84. The minimum absolute atomic E-state index is 0.00330. The van der Waals surface area contributed by atoms with Gasteiger partial charge >= 0.3 is 0 Å². The molecule has 0 fully saturated rings. The number of nitrogens with zero attached hydrogens (tertiary/aromatic N) is 8. The predicted molar refractivity (Wildman–Crippen MR) is 245 cm³/mol. The van der Waals surface area contributed by atoms with Crippen molar-refractivity contribution in [3.63, 3.8) is 0 Å². The van der Waals surface area contributed by atoms with Crippen molar-refractivity contribution in [2.24, 2.45) is 0 Å². The Morgan fingerprint density at radius 1 is 0.516 bits per heavy atom. The molecule has 0 atom stereocenters. The van der Waals surface area contributed by atoms with Crippen LogP contribution in [0.1, 0.15) is 11.1 Å². The summed E-state index contributed by atoms with van der Waals surface area (Å²) in [7, 11) is -11.0. The second kappa shape index (κ2) is 19.8. The highest BCUT2D eigenvalue weighted by molar-refractivity contribution is 8.01. The van der Waals surface area contributed by atoms with E-state index in [1.165, 1.54) is 36.4 Å². The zero-order chi connectivity index (χ0) is 44.3. The first-order chi connectivity index (χ1) is 29.8. The van der Waals surface area contributed by atoms with E-state index in [9.17, 15) is 25.9 Å². The molecule has 2 aromatic heterocycles. The van der Waals surface area contributed by atoms with Crippen LogP contribution in [0.25, 0.3) is 32.6 Å². The Morgan fingerprint density at radius 2 is 0.935 bits per heavy atom. The summed E-state index contributed by atoms with van der Waals surface area (Å²) in [5.74, 6) is 0.0372. The van der Waals surface area contributed by atoms with Crippen molar-refractivity contribution in [3.8, 4) is 22.8 Å². The van der Waals surface area contributed by atoms with E-state index in [4.69, 9.17) is 24.9 Å². The SMILES string of the molecule is C=CCN(CC=C)c1nc(Nc2ccccc2)nc(-c2cccc(C(=C(c3ccccc3)S(=O)(=O)O)S(=O)(=O)O)c2-c2nc(Nc3ccccc3)nc(N(CC=C)CC=C)n2)n1. The van der Waals surface area contributed by atoms with Crippen LogP contribution in [0.2, 0.25) is 0 Å². The normalized spacial score (nSPS) is 11.8. The van der Waals surface area contributed by atoms with Gasteiger partial charge in [0.05, 0.1) is 0 Å². The fourth-order valence-corrected chi connectivity index (χ4v) is 8.50. The van der Waals surface area contributed by atoms with Crippen molar-refractivity contribution in [3.05, 3.63) is 171 Å². The molecule has 0 saturated heterocycles. The Hall–Kier alpha value is -7.38. The van der Waals surface area contributed by atoms with E-state index in [-0.39, 0.29) is 78.3 Å². The molecule has 0 spiro atoms. The van der Waals surface area contributed by atoms with Gasteiger partial charge in [0.15, 0.2) is 11.6 Å². The van der Waals surface area contributed by atoms with E-state index in [0.29, 0.717) is 11.4 Å². The van der Waals surface area contributed by atoms with Crippen molar-refractivity contribution in [1.82, 2.24) is 29.9 Å². The second-order valence-corrected chi connectivity index (χ2v) is 15.9. The average Bonchev–Trinajstić information content (AvgIpc) is 3.25. The van der Waals surface area contributed by atoms with Gasteiger partial charge < -0.3 is 20.4 Å². The van der Waals surface area contributed by atoms with Crippen LogP contribution in [0.5, 0.6) is 0 Å². The number of hydrogen-bond acceptors (Lipinski definition) is 14. The number of aromatic nitrogens is 6. The van der Waals surface area contributed by atoms with Gasteiger partial charge in [-0.1, -0.05) is 109 Å². The first-order valence-electron chi connectivity index (χ1n) is 18.8. The fourth-order valence-electron chi connectivity index (χ4n) is 6.29. The van der Waals surface area contributed by atoms with Gasteiger partial charge in [0.1, 0.15) is 9.81 Å². The van der Waals surface area contributed by atoms with Crippen LogP contribution in [0.4, 0.5) is 35.2 Å². The van der Waals surface area contributed by atoms with E-state index >= 15 is 0 Å². The van der Waals surface area contributed by atoms with E-state index in [0.717, 1.165) is 0 Å². The second-order valence-electron chi connectivity index (χ2n) is 13.2. The lowest BCUT2D eigenvalue weighted by Gasteiger charge is -2.23. The molecule has 62 heavy (non-hydrogen) atoms. The molecule has 0 aliphatic heterocycles. The van der Waals surface area contributed by atoms with Gasteiger partial charge in [-0.25, -0.2) is 0 Å². The molecule has 4 N–H and O–H groups in total. The van der Waals surface area contributed by atoms with E-state index in [1.807, 2.05) is 24.3 Å². The van der Waals surface area contributed by atoms with Gasteiger partial charge in [0.2, 0.25) is 23.8 Å². The van der Waals surface area contributed by atoms with Gasteiger partial charge in [0, 0.05) is 54.2 Å². The molecule has 0 amide bonds. The lowest BCUT2D eigenvalue weighted by molar-refractivity contribution is 0.491. The zero-order valence-corrected chi connectivity index (χ0v) is 34.9. The highest BCUT2D eigenvalue weighted by atomic mass is 32.2. The Morgan fingerprint density at radius 3 is 1.37 bits per heavy atom. The van der Waals surface area contributed by atoms with Crippen LogP contribution < -0.4 is 20.4 Å². The first kappa shape index (κ1) is 44.2. The molecule has 0 saturated carbocycles. The lowest BCUT2D eigenvalue weighted by Crippen LogP contribution is -2.26. The lowest BCUT2D eigenvalue weighted by atomic mass is 9.98. The molecule has 0 bridgehead atoms. The third kappa shape index (κ3) is 10.7.